The molecule has 96 valence electrons. The van der Waals surface area contributed by atoms with Gasteiger partial charge < -0.3 is 10.2 Å². The van der Waals surface area contributed by atoms with E-state index in [0.29, 0.717) is 13.0 Å². The summed E-state index contributed by atoms with van der Waals surface area (Å²) in [5.74, 6) is -0.0361. The lowest BCUT2D eigenvalue weighted by atomic mass is 9.95. The molecule has 0 aromatic rings. The van der Waals surface area contributed by atoms with Crippen LogP contribution in [0.4, 0.5) is 0 Å². The van der Waals surface area contributed by atoms with Gasteiger partial charge in [0, 0.05) is 6.54 Å². The van der Waals surface area contributed by atoms with Crippen LogP contribution in [0.5, 0.6) is 0 Å². The third-order valence-electron chi connectivity index (χ3n) is 3.07. The Hall–Kier alpha value is -1.32. The fraction of sp³-hybridized carbons (Fsp3) is 0.692. The van der Waals surface area contributed by atoms with Crippen molar-refractivity contribution in [3.05, 3.63) is 12.2 Å². The molecule has 0 saturated carbocycles. The van der Waals surface area contributed by atoms with Crippen molar-refractivity contribution in [2.75, 3.05) is 6.54 Å². The van der Waals surface area contributed by atoms with E-state index in [1.165, 1.54) is 0 Å². The number of rotatable bonds is 4. The van der Waals surface area contributed by atoms with Crippen LogP contribution in [0.25, 0.3) is 0 Å². The van der Waals surface area contributed by atoms with Crippen molar-refractivity contribution in [2.24, 2.45) is 0 Å². The smallest absolute Gasteiger partial charge is 0.248 e. The van der Waals surface area contributed by atoms with Crippen molar-refractivity contribution >= 4 is 11.8 Å². The van der Waals surface area contributed by atoms with Crippen LogP contribution in [-0.2, 0) is 9.59 Å². The van der Waals surface area contributed by atoms with Crippen LogP contribution in [0.1, 0.15) is 40.5 Å². The Labute approximate surface area is 103 Å². The van der Waals surface area contributed by atoms with Crippen molar-refractivity contribution in [3.63, 3.8) is 0 Å². The maximum Gasteiger partial charge on any atom is 0.248 e. The number of carbonyl (C=O) groups excluding carboxylic acids is 2. The van der Waals surface area contributed by atoms with Gasteiger partial charge >= 0.3 is 0 Å². The van der Waals surface area contributed by atoms with E-state index in [1.807, 2.05) is 26.0 Å². The van der Waals surface area contributed by atoms with Gasteiger partial charge in [-0.1, -0.05) is 19.1 Å². The van der Waals surface area contributed by atoms with Crippen molar-refractivity contribution < 1.29 is 9.59 Å². The number of nitrogens with one attached hydrogen (secondary N) is 1. The van der Waals surface area contributed by atoms with Crippen molar-refractivity contribution in [2.45, 2.75) is 52.1 Å². The van der Waals surface area contributed by atoms with Gasteiger partial charge in [-0.15, -0.1) is 0 Å². The summed E-state index contributed by atoms with van der Waals surface area (Å²) in [6.07, 6.45) is 5.42. The van der Waals surface area contributed by atoms with Gasteiger partial charge in [0.1, 0.15) is 11.6 Å². The maximum absolute atomic E-state index is 12.2. The SMILES string of the molecule is C/C=C/CCN1C(=O)C(C)(C)NC(=O)C1CC. The highest BCUT2D eigenvalue weighted by molar-refractivity contribution is 5.99. The van der Waals surface area contributed by atoms with Crippen LogP contribution in [-0.4, -0.2) is 34.8 Å². The molecule has 1 saturated heterocycles. The van der Waals surface area contributed by atoms with Crippen LogP contribution in [0, 0.1) is 0 Å². The summed E-state index contributed by atoms with van der Waals surface area (Å²) in [4.78, 5) is 25.9. The summed E-state index contributed by atoms with van der Waals surface area (Å²) in [5.41, 5.74) is -0.779. The third-order valence-corrected chi connectivity index (χ3v) is 3.07. The molecule has 1 aliphatic rings. The summed E-state index contributed by atoms with van der Waals surface area (Å²) >= 11 is 0. The van der Waals surface area contributed by atoms with Gasteiger partial charge in [-0.05, 0) is 33.6 Å². The fourth-order valence-electron chi connectivity index (χ4n) is 2.13. The van der Waals surface area contributed by atoms with Gasteiger partial charge in [0.15, 0.2) is 0 Å². The maximum atomic E-state index is 12.2. The first-order valence-corrected chi connectivity index (χ1v) is 6.18. The quantitative estimate of drug-likeness (QED) is 0.754. The van der Waals surface area contributed by atoms with Crippen LogP contribution < -0.4 is 5.32 Å². The van der Waals surface area contributed by atoms with E-state index in [2.05, 4.69) is 5.32 Å². The Morgan fingerprint density at radius 2 is 2.06 bits per heavy atom. The van der Waals surface area contributed by atoms with E-state index < -0.39 is 5.54 Å². The Morgan fingerprint density at radius 3 is 2.59 bits per heavy atom. The number of hydrogen-bond donors (Lipinski definition) is 1. The molecular weight excluding hydrogens is 216 g/mol. The van der Waals surface area contributed by atoms with Gasteiger partial charge in [0.25, 0.3) is 0 Å². The van der Waals surface area contributed by atoms with Crippen molar-refractivity contribution in [3.8, 4) is 0 Å². The molecule has 0 bridgehead atoms. The van der Waals surface area contributed by atoms with E-state index in [-0.39, 0.29) is 17.9 Å². The first kappa shape index (κ1) is 13.7. The summed E-state index contributed by atoms with van der Waals surface area (Å²) in [5, 5.41) is 2.78. The van der Waals surface area contributed by atoms with Crippen molar-refractivity contribution in [1.82, 2.24) is 10.2 Å². The topological polar surface area (TPSA) is 49.4 Å². The number of nitrogens with zero attached hydrogens (tertiary/aromatic N) is 1. The second-order valence-electron chi connectivity index (χ2n) is 4.89. The number of piperazine rings is 1. The zero-order valence-electron chi connectivity index (χ0n) is 11.1. The Bertz CT molecular complexity index is 334. The molecule has 0 aromatic carbocycles. The van der Waals surface area contributed by atoms with Crippen LogP contribution in [0.3, 0.4) is 0 Å². The molecule has 1 fully saturated rings. The summed E-state index contributed by atoms with van der Waals surface area (Å²) < 4.78 is 0. The molecule has 1 unspecified atom stereocenters. The van der Waals surface area contributed by atoms with Crippen LogP contribution in [0.2, 0.25) is 0 Å². The lowest BCUT2D eigenvalue weighted by molar-refractivity contribution is -0.153. The summed E-state index contributed by atoms with van der Waals surface area (Å²) in [7, 11) is 0. The fourth-order valence-corrected chi connectivity index (χ4v) is 2.13. The van der Waals surface area contributed by atoms with Crippen molar-refractivity contribution in [1.29, 1.82) is 0 Å². The Kier molecular flexibility index (Phi) is 4.32. The van der Waals surface area contributed by atoms with Gasteiger partial charge in [-0.3, -0.25) is 9.59 Å². The van der Waals surface area contributed by atoms with E-state index in [4.69, 9.17) is 0 Å². The molecule has 1 aliphatic heterocycles. The molecule has 2 amide bonds. The van der Waals surface area contributed by atoms with Gasteiger partial charge in [-0.25, -0.2) is 0 Å². The van der Waals surface area contributed by atoms with Gasteiger partial charge in [0.05, 0.1) is 0 Å². The average Bonchev–Trinajstić information content (AvgIpc) is 2.25. The minimum absolute atomic E-state index is 0.00783. The minimum atomic E-state index is -0.779. The molecule has 0 aromatic heterocycles. The van der Waals surface area contributed by atoms with E-state index in [9.17, 15) is 9.59 Å². The number of amides is 2. The van der Waals surface area contributed by atoms with Crippen LogP contribution >= 0.6 is 0 Å². The standard InChI is InChI=1S/C13H22N2O2/c1-5-7-8-9-15-10(6-2)11(16)14-13(3,4)12(15)17/h5,7,10H,6,8-9H2,1-4H3,(H,14,16)/b7-5+. The lowest BCUT2D eigenvalue weighted by Gasteiger charge is -2.42. The van der Waals surface area contributed by atoms with E-state index in [1.54, 1.807) is 18.7 Å². The number of hydrogen-bond acceptors (Lipinski definition) is 2. The molecule has 0 radical (unpaired) electrons. The Morgan fingerprint density at radius 1 is 1.41 bits per heavy atom. The third kappa shape index (κ3) is 2.87. The van der Waals surface area contributed by atoms with E-state index >= 15 is 0 Å². The molecule has 1 heterocycles. The zero-order chi connectivity index (χ0) is 13.1. The second kappa shape index (κ2) is 5.34. The molecule has 1 atom stereocenters. The molecule has 1 N–H and O–H groups in total. The largest absolute Gasteiger partial charge is 0.340 e. The summed E-state index contributed by atoms with van der Waals surface area (Å²) in [6, 6.07) is -0.319. The molecule has 4 nitrogen and oxygen atoms in total. The predicted molar refractivity (Wildman–Crippen MR) is 67.4 cm³/mol. The highest BCUT2D eigenvalue weighted by Gasteiger charge is 2.43. The molecular formula is C13H22N2O2. The zero-order valence-corrected chi connectivity index (χ0v) is 11.1. The second-order valence-corrected chi connectivity index (χ2v) is 4.89. The molecule has 1 rings (SSSR count). The Balaban J connectivity index is 2.85. The minimum Gasteiger partial charge on any atom is -0.340 e. The normalized spacial score (nSPS) is 24.2. The molecule has 17 heavy (non-hydrogen) atoms. The highest BCUT2D eigenvalue weighted by Crippen LogP contribution is 2.20. The van der Waals surface area contributed by atoms with E-state index in [0.717, 1.165) is 6.42 Å². The van der Waals surface area contributed by atoms with Gasteiger partial charge in [-0.2, -0.15) is 0 Å². The first-order valence-electron chi connectivity index (χ1n) is 6.18. The van der Waals surface area contributed by atoms with Crippen LogP contribution in [0.15, 0.2) is 12.2 Å². The highest BCUT2D eigenvalue weighted by atomic mass is 16.2. The lowest BCUT2D eigenvalue weighted by Crippen LogP contribution is -2.67. The molecule has 0 aliphatic carbocycles. The number of carbonyl (C=O) groups is 2. The van der Waals surface area contributed by atoms with Gasteiger partial charge in [0.2, 0.25) is 11.8 Å². The monoisotopic (exact) mass is 238 g/mol. The first-order chi connectivity index (χ1) is 7.94. The summed E-state index contributed by atoms with van der Waals surface area (Å²) in [6.45, 7) is 7.99. The average molecular weight is 238 g/mol. The predicted octanol–water partition coefficient (Wildman–Crippen LogP) is 1.47. The molecule has 4 heteroatoms. The number of allylic oxidation sites excluding steroid dienone is 1. The molecule has 0 spiro atoms.